The average molecular weight is 433 g/mol. The first kappa shape index (κ1) is 20.4. The van der Waals surface area contributed by atoms with Crippen LogP contribution in [0.5, 0.6) is 5.75 Å². The van der Waals surface area contributed by atoms with Crippen molar-refractivity contribution in [3.05, 3.63) is 48.5 Å². The molecule has 0 bridgehead atoms. The van der Waals surface area contributed by atoms with E-state index in [9.17, 15) is 12.8 Å². The van der Waals surface area contributed by atoms with Crippen molar-refractivity contribution in [2.45, 2.75) is 24.2 Å². The minimum atomic E-state index is -3.82. The van der Waals surface area contributed by atoms with E-state index in [-0.39, 0.29) is 16.6 Å². The van der Waals surface area contributed by atoms with E-state index in [4.69, 9.17) is 9.26 Å². The fraction of sp³-hybridized carbons (Fsp3) is 0.368. The number of sulfonamides is 1. The monoisotopic (exact) mass is 433 g/mol. The number of benzene rings is 1. The Balaban J connectivity index is 1.47. The molecule has 1 atom stereocenters. The lowest BCUT2D eigenvalue weighted by Crippen LogP contribution is -2.40. The van der Waals surface area contributed by atoms with Crippen LogP contribution in [-0.2, 0) is 16.4 Å². The number of halogens is 1. The van der Waals surface area contributed by atoms with Crippen LogP contribution in [0, 0.1) is 11.7 Å². The summed E-state index contributed by atoms with van der Waals surface area (Å²) in [4.78, 5) is 12.4. The van der Waals surface area contributed by atoms with E-state index in [2.05, 4.69) is 20.1 Å². The second kappa shape index (κ2) is 8.44. The molecule has 0 spiro atoms. The zero-order valence-electron chi connectivity index (χ0n) is 16.2. The quantitative estimate of drug-likeness (QED) is 0.582. The molecule has 0 aliphatic carbocycles. The van der Waals surface area contributed by atoms with Gasteiger partial charge in [-0.3, -0.25) is 4.98 Å². The van der Waals surface area contributed by atoms with E-state index in [1.54, 1.807) is 6.20 Å². The first-order valence-electron chi connectivity index (χ1n) is 9.40. The van der Waals surface area contributed by atoms with E-state index < -0.39 is 15.8 Å². The fourth-order valence-electron chi connectivity index (χ4n) is 3.47. The van der Waals surface area contributed by atoms with Crippen LogP contribution in [0.25, 0.3) is 11.5 Å². The molecule has 4 rings (SSSR count). The average Bonchev–Trinajstić information content (AvgIpc) is 3.23. The summed E-state index contributed by atoms with van der Waals surface area (Å²) in [5.41, 5.74) is 0.502. The number of methoxy groups -OCH3 is 1. The van der Waals surface area contributed by atoms with Gasteiger partial charge in [0.25, 0.3) is 0 Å². The molecule has 1 fully saturated rings. The van der Waals surface area contributed by atoms with Crippen LogP contribution in [0.3, 0.4) is 0 Å². The minimum absolute atomic E-state index is 0.000717. The molecule has 1 saturated heterocycles. The molecule has 2 aromatic heterocycles. The number of hydrogen-bond acceptors (Lipinski definition) is 8. The summed E-state index contributed by atoms with van der Waals surface area (Å²) >= 11 is 0. The Morgan fingerprint density at radius 3 is 2.93 bits per heavy atom. The molecule has 9 nitrogen and oxygen atoms in total. The lowest BCUT2D eigenvalue weighted by molar-refractivity contribution is 0.247. The molecule has 30 heavy (non-hydrogen) atoms. The maximum absolute atomic E-state index is 14.0. The smallest absolute Gasteiger partial charge is 0.243 e. The third-order valence-corrected chi connectivity index (χ3v) is 6.83. The van der Waals surface area contributed by atoms with Crippen molar-refractivity contribution in [1.29, 1.82) is 0 Å². The summed E-state index contributed by atoms with van der Waals surface area (Å²) in [5.74, 6) is 0.0459. The van der Waals surface area contributed by atoms with Crippen LogP contribution in [0.15, 0.2) is 46.2 Å². The Morgan fingerprint density at radius 1 is 1.33 bits per heavy atom. The van der Waals surface area contributed by atoms with Gasteiger partial charge in [0, 0.05) is 31.9 Å². The highest BCUT2D eigenvalue weighted by Crippen LogP contribution is 2.28. The van der Waals surface area contributed by atoms with Gasteiger partial charge in [-0.1, -0.05) is 5.16 Å². The summed E-state index contributed by atoms with van der Waals surface area (Å²) < 4.78 is 51.5. The summed E-state index contributed by atoms with van der Waals surface area (Å²) in [7, 11) is -2.49. The second-order valence-electron chi connectivity index (χ2n) is 6.97. The van der Waals surface area contributed by atoms with Gasteiger partial charge in [-0.15, -0.1) is 0 Å². The van der Waals surface area contributed by atoms with Gasteiger partial charge < -0.3 is 9.26 Å². The molecule has 0 saturated carbocycles. The van der Waals surface area contributed by atoms with Gasteiger partial charge in [0.05, 0.1) is 18.2 Å². The molecule has 0 radical (unpaired) electrons. The SMILES string of the molecule is COc1ccc(S(=O)(=O)N2CCCC(Cc3nc(-c4cnccn4)no3)C2)cc1F. The Morgan fingerprint density at radius 2 is 2.20 bits per heavy atom. The normalized spacial score (nSPS) is 17.7. The number of nitrogens with zero attached hydrogens (tertiary/aromatic N) is 5. The summed E-state index contributed by atoms with van der Waals surface area (Å²) in [6, 6.07) is 3.66. The van der Waals surface area contributed by atoms with E-state index in [0.29, 0.717) is 43.3 Å². The Bertz CT molecular complexity index is 1120. The van der Waals surface area contributed by atoms with E-state index in [1.807, 2.05) is 0 Å². The van der Waals surface area contributed by atoms with Crippen molar-refractivity contribution in [1.82, 2.24) is 24.4 Å². The second-order valence-corrected chi connectivity index (χ2v) is 8.91. The lowest BCUT2D eigenvalue weighted by Gasteiger charge is -2.31. The van der Waals surface area contributed by atoms with Crippen LogP contribution >= 0.6 is 0 Å². The predicted octanol–water partition coefficient (Wildman–Crippen LogP) is 2.32. The van der Waals surface area contributed by atoms with E-state index in [1.165, 1.54) is 35.9 Å². The molecular formula is C19H20FN5O4S. The van der Waals surface area contributed by atoms with Crippen LogP contribution in [-0.4, -0.2) is 53.0 Å². The van der Waals surface area contributed by atoms with Crippen LogP contribution in [0.4, 0.5) is 4.39 Å². The number of hydrogen-bond donors (Lipinski definition) is 0. The molecule has 3 heterocycles. The fourth-order valence-corrected chi connectivity index (χ4v) is 5.04. The van der Waals surface area contributed by atoms with Crippen molar-refractivity contribution in [2.75, 3.05) is 20.2 Å². The lowest BCUT2D eigenvalue weighted by atomic mass is 9.96. The van der Waals surface area contributed by atoms with Gasteiger partial charge in [0.15, 0.2) is 11.6 Å². The zero-order chi connectivity index (χ0) is 21.1. The minimum Gasteiger partial charge on any atom is -0.494 e. The number of aromatic nitrogens is 4. The number of rotatable bonds is 6. The van der Waals surface area contributed by atoms with E-state index >= 15 is 0 Å². The van der Waals surface area contributed by atoms with Crippen molar-refractivity contribution in [3.8, 4) is 17.3 Å². The molecule has 0 amide bonds. The molecule has 3 aromatic rings. The Kier molecular flexibility index (Phi) is 5.73. The van der Waals surface area contributed by atoms with Gasteiger partial charge in [-0.05, 0) is 37.0 Å². The number of piperidine rings is 1. The molecule has 1 aliphatic rings. The largest absolute Gasteiger partial charge is 0.494 e. The zero-order valence-corrected chi connectivity index (χ0v) is 17.0. The van der Waals surface area contributed by atoms with Gasteiger partial charge >= 0.3 is 0 Å². The van der Waals surface area contributed by atoms with Crippen LogP contribution < -0.4 is 4.74 Å². The summed E-state index contributed by atoms with van der Waals surface area (Å²) in [6.45, 7) is 0.667. The van der Waals surface area contributed by atoms with Gasteiger partial charge in [0.1, 0.15) is 5.69 Å². The topological polar surface area (TPSA) is 111 Å². The highest BCUT2D eigenvalue weighted by Gasteiger charge is 2.31. The van der Waals surface area contributed by atoms with Crippen LogP contribution in [0.2, 0.25) is 0 Å². The highest BCUT2D eigenvalue weighted by atomic mass is 32.2. The van der Waals surface area contributed by atoms with Crippen molar-refractivity contribution < 1.29 is 22.1 Å². The molecule has 1 aromatic carbocycles. The molecule has 158 valence electrons. The molecular weight excluding hydrogens is 413 g/mol. The van der Waals surface area contributed by atoms with Crippen molar-refractivity contribution in [3.63, 3.8) is 0 Å². The first-order valence-corrected chi connectivity index (χ1v) is 10.8. The first-order chi connectivity index (χ1) is 14.5. The molecule has 1 unspecified atom stereocenters. The van der Waals surface area contributed by atoms with Gasteiger partial charge in [0.2, 0.25) is 21.7 Å². The van der Waals surface area contributed by atoms with E-state index in [0.717, 1.165) is 12.5 Å². The van der Waals surface area contributed by atoms with Gasteiger partial charge in [-0.2, -0.15) is 9.29 Å². The third-order valence-electron chi connectivity index (χ3n) is 4.97. The molecule has 11 heteroatoms. The van der Waals surface area contributed by atoms with Gasteiger partial charge in [-0.25, -0.2) is 17.8 Å². The third kappa shape index (κ3) is 4.17. The van der Waals surface area contributed by atoms with Crippen molar-refractivity contribution in [2.24, 2.45) is 5.92 Å². The number of ether oxygens (including phenoxy) is 1. The molecule has 0 N–H and O–H groups in total. The van der Waals surface area contributed by atoms with Crippen molar-refractivity contribution >= 4 is 10.0 Å². The Labute approximate surface area is 173 Å². The maximum Gasteiger partial charge on any atom is 0.243 e. The molecule has 1 aliphatic heterocycles. The summed E-state index contributed by atoms with van der Waals surface area (Å²) in [6.07, 6.45) is 6.58. The Hall–Kier alpha value is -2.92. The highest BCUT2D eigenvalue weighted by molar-refractivity contribution is 7.89. The predicted molar refractivity (Wildman–Crippen MR) is 103 cm³/mol. The maximum atomic E-state index is 14.0. The summed E-state index contributed by atoms with van der Waals surface area (Å²) in [5, 5.41) is 3.92. The van der Waals surface area contributed by atoms with Crippen LogP contribution in [0.1, 0.15) is 18.7 Å². The standard InChI is InChI=1S/C19H20FN5O4S/c1-28-17-5-4-14(10-15(17)20)30(26,27)25-8-2-3-13(12-25)9-18-23-19(24-29-18)16-11-21-6-7-22-16/h4-7,10-11,13H,2-3,8-9,12H2,1H3.